The second-order valence-corrected chi connectivity index (χ2v) is 9.29. The number of halogens is 6. The summed E-state index contributed by atoms with van der Waals surface area (Å²) in [6, 6.07) is 12.7. The van der Waals surface area contributed by atoms with E-state index in [1.54, 1.807) is 6.07 Å². The molecule has 218 valence electrons. The molecule has 0 unspecified atom stereocenters. The molecule has 1 N–H and O–H groups in total. The molecule has 0 radical (unpaired) electrons. The molecule has 0 spiro atoms. The number of carbonyl (C=O) groups excluding carboxylic acids is 2. The highest BCUT2D eigenvalue weighted by Gasteiger charge is 2.36. The summed E-state index contributed by atoms with van der Waals surface area (Å²) in [5.41, 5.74) is -0.659. The van der Waals surface area contributed by atoms with E-state index in [0.29, 0.717) is 37.2 Å². The first-order chi connectivity index (χ1) is 19.4. The van der Waals surface area contributed by atoms with E-state index in [0.717, 1.165) is 18.2 Å². The van der Waals surface area contributed by atoms with Crippen LogP contribution < -0.4 is 15.0 Å². The molecule has 2 heterocycles. The van der Waals surface area contributed by atoms with E-state index in [1.807, 2.05) is 4.90 Å². The van der Waals surface area contributed by atoms with Crippen molar-refractivity contribution in [2.75, 3.05) is 37.6 Å². The molecule has 7 nitrogen and oxygen atoms in total. The first-order valence-electron chi connectivity index (χ1n) is 12.7. The predicted molar refractivity (Wildman–Crippen MR) is 138 cm³/mol. The number of pyridine rings is 1. The number of ether oxygens (including phenoxy) is 1. The molecule has 1 fully saturated rings. The van der Waals surface area contributed by atoms with Gasteiger partial charge in [0.1, 0.15) is 0 Å². The van der Waals surface area contributed by atoms with Crippen molar-refractivity contribution < 1.29 is 40.7 Å². The van der Waals surface area contributed by atoms with Gasteiger partial charge in [0, 0.05) is 38.8 Å². The number of alkyl halides is 6. The minimum atomic E-state index is -4.63. The summed E-state index contributed by atoms with van der Waals surface area (Å²) in [5, 5.41) is 2.56. The lowest BCUT2D eigenvalue weighted by Gasteiger charge is -2.36. The fourth-order valence-electron chi connectivity index (χ4n) is 4.35. The summed E-state index contributed by atoms with van der Waals surface area (Å²) in [4.78, 5) is 32.2. The van der Waals surface area contributed by atoms with Crippen LogP contribution in [0.2, 0.25) is 0 Å². The third-order valence-electron chi connectivity index (χ3n) is 6.51. The van der Waals surface area contributed by atoms with E-state index in [-0.39, 0.29) is 31.1 Å². The predicted octanol–water partition coefficient (Wildman–Crippen LogP) is 5.80. The van der Waals surface area contributed by atoms with Crippen LogP contribution in [0.3, 0.4) is 0 Å². The van der Waals surface area contributed by atoms with Crippen LogP contribution in [0.15, 0.2) is 66.9 Å². The second kappa shape index (κ2) is 12.5. The summed E-state index contributed by atoms with van der Waals surface area (Å²) in [7, 11) is 0. The average molecular weight is 581 g/mol. The van der Waals surface area contributed by atoms with Crippen LogP contribution >= 0.6 is 0 Å². The zero-order valence-corrected chi connectivity index (χ0v) is 21.6. The summed E-state index contributed by atoms with van der Waals surface area (Å²) in [6.07, 6.45) is -7.30. The van der Waals surface area contributed by atoms with Gasteiger partial charge in [-0.1, -0.05) is 24.3 Å². The maximum Gasteiger partial charge on any atom is 0.417 e. The van der Waals surface area contributed by atoms with Crippen LogP contribution in [0.25, 0.3) is 0 Å². The van der Waals surface area contributed by atoms with Crippen molar-refractivity contribution >= 4 is 17.7 Å². The number of aromatic nitrogens is 1. The van der Waals surface area contributed by atoms with Crippen molar-refractivity contribution in [2.45, 2.75) is 25.2 Å². The Labute approximate surface area is 231 Å². The smallest absolute Gasteiger partial charge is 0.391 e. The summed E-state index contributed by atoms with van der Waals surface area (Å²) >= 11 is 0. The fraction of sp³-hybridized carbons (Fsp3) is 0.321. The Bertz CT molecular complexity index is 1340. The summed E-state index contributed by atoms with van der Waals surface area (Å²) in [6.45, 7) is 1.44. The summed E-state index contributed by atoms with van der Waals surface area (Å²) in [5.74, 6) is -0.628. The van der Waals surface area contributed by atoms with E-state index < -0.39 is 35.5 Å². The van der Waals surface area contributed by atoms with Gasteiger partial charge in [-0.15, -0.1) is 0 Å². The molecule has 1 aliphatic heterocycles. The number of hydrogen-bond acceptors (Lipinski definition) is 5. The number of nitrogens with one attached hydrogen (secondary N) is 1. The van der Waals surface area contributed by atoms with Crippen molar-refractivity contribution in [1.82, 2.24) is 15.2 Å². The normalized spacial score (nSPS) is 14.1. The standard InChI is InChI=1S/C28H26F6N4O3/c29-27(30,31)20-9-7-19(8-10-20)4-3-13-35-26(40)41-24-12-11-21(18-36-24)37-14-16-38(17-15-37)25(39)22-5-1-2-6-23(22)28(32,33)34/h1-2,5-12,18H,3-4,13-17H2,(H,35,40). The van der Waals surface area contributed by atoms with E-state index in [2.05, 4.69) is 10.3 Å². The Balaban J connectivity index is 1.20. The number of amides is 2. The monoisotopic (exact) mass is 580 g/mol. The van der Waals surface area contributed by atoms with Gasteiger partial charge in [-0.05, 0) is 48.7 Å². The van der Waals surface area contributed by atoms with Crippen LogP contribution in [0.4, 0.5) is 36.8 Å². The van der Waals surface area contributed by atoms with Crippen molar-refractivity contribution in [1.29, 1.82) is 0 Å². The highest BCUT2D eigenvalue weighted by Crippen LogP contribution is 2.33. The number of carbonyl (C=O) groups is 2. The lowest BCUT2D eigenvalue weighted by molar-refractivity contribution is -0.138. The third kappa shape index (κ3) is 7.89. The lowest BCUT2D eigenvalue weighted by atomic mass is 10.1. The third-order valence-corrected chi connectivity index (χ3v) is 6.51. The minimum absolute atomic E-state index is 0.0477. The lowest BCUT2D eigenvalue weighted by Crippen LogP contribution is -2.49. The molecule has 0 aliphatic carbocycles. The average Bonchev–Trinajstić information content (AvgIpc) is 2.95. The fourth-order valence-corrected chi connectivity index (χ4v) is 4.35. The van der Waals surface area contributed by atoms with Crippen LogP contribution in [-0.2, 0) is 18.8 Å². The zero-order chi connectivity index (χ0) is 29.6. The molecule has 13 heteroatoms. The molecule has 0 atom stereocenters. The number of nitrogens with zero attached hydrogens (tertiary/aromatic N) is 3. The molecule has 41 heavy (non-hydrogen) atoms. The van der Waals surface area contributed by atoms with Crippen LogP contribution in [0, 0.1) is 0 Å². The van der Waals surface area contributed by atoms with Gasteiger partial charge in [-0.2, -0.15) is 26.3 Å². The van der Waals surface area contributed by atoms with Crippen molar-refractivity contribution in [2.24, 2.45) is 0 Å². The highest BCUT2D eigenvalue weighted by molar-refractivity contribution is 5.96. The van der Waals surface area contributed by atoms with Gasteiger partial charge in [0.25, 0.3) is 5.91 Å². The number of anilines is 1. The van der Waals surface area contributed by atoms with Crippen LogP contribution in [0.5, 0.6) is 5.88 Å². The van der Waals surface area contributed by atoms with Gasteiger partial charge >= 0.3 is 18.4 Å². The number of piperazine rings is 1. The van der Waals surface area contributed by atoms with Crippen molar-refractivity contribution in [3.63, 3.8) is 0 Å². The van der Waals surface area contributed by atoms with E-state index in [4.69, 9.17) is 4.74 Å². The Kier molecular flexibility index (Phi) is 9.04. The summed E-state index contributed by atoms with van der Waals surface area (Å²) < 4.78 is 83.0. The van der Waals surface area contributed by atoms with Gasteiger partial charge in [-0.3, -0.25) is 4.79 Å². The van der Waals surface area contributed by atoms with E-state index >= 15 is 0 Å². The molecule has 1 aromatic heterocycles. The number of hydrogen-bond donors (Lipinski definition) is 1. The zero-order valence-electron chi connectivity index (χ0n) is 21.6. The van der Waals surface area contributed by atoms with Crippen LogP contribution in [-0.4, -0.2) is 54.6 Å². The molecule has 1 saturated heterocycles. The maximum absolute atomic E-state index is 13.3. The molecule has 0 bridgehead atoms. The van der Waals surface area contributed by atoms with Gasteiger partial charge in [-0.25, -0.2) is 9.78 Å². The largest absolute Gasteiger partial charge is 0.417 e. The van der Waals surface area contributed by atoms with E-state index in [1.165, 1.54) is 47.5 Å². The van der Waals surface area contributed by atoms with Gasteiger partial charge in [0.05, 0.1) is 28.6 Å². The van der Waals surface area contributed by atoms with Crippen LogP contribution in [0.1, 0.15) is 33.5 Å². The van der Waals surface area contributed by atoms with Gasteiger partial charge < -0.3 is 19.9 Å². The molecule has 1 aliphatic rings. The molecule has 0 saturated carbocycles. The topological polar surface area (TPSA) is 74.8 Å². The molecule has 3 aromatic rings. The Morgan fingerprint density at radius 2 is 1.54 bits per heavy atom. The maximum atomic E-state index is 13.3. The quantitative estimate of drug-likeness (QED) is 0.283. The first-order valence-corrected chi connectivity index (χ1v) is 12.7. The molecule has 4 rings (SSSR count). The Morgan fingerprint density at radius 3 is 2.15 bits per heavy atom. The van der Waals surface area contributed by atoms with Gasteiger partial charge in [0.15, 0.2) is 0 Å². The number of rotatable bonds is 7. The van der Waals surface area contributed by atoms with Crippen molar-refractivity contribution in [3.8, 4) is 5.88 Å². The van der Waals surface area contributed by atoms with E-state index in [9.17, 15) is 35.9 Å². The Hall–Kier alpha value is -4.29. The minimum Gasteiger partial charge on any atom is -0.391 e. The second-order valence-electron chi connectivity index (χ2n) is 9.29. The van der Waals surface area contributed by atoms with Crippen molar-refractivity contribution in [3.05, 3.63) is 89.1 Å². The van der Waals surface area contributed by atoms with Gasteiger partial charge in [0.2, 0.25) is 5.88 Å². The highest BCUT2D eigenvalue weighted by atomic mass is 19.4. The SMILES string of the molecule is O=C(NCCCc1ccc(C(F)(F)F)cc1)Oc1ccc(N2CCN(C(=O)c3ccccc3C(F)(F)F)CC2)cn1. The molecular weight excluding hydrogens is 554 g/mol. The molecular formula is C28H26F6N4O3. The number of aryl methyl sites for hydroxylation is 1. The first kappa shape index (κ1) is 29.7. The molecule has 2 amide bonds. The molecule has 2 aromatic carbocycles. The number of benzene rings is 2. The Morgan fingerprint density at radius 1 is 0.854 bits per heavy atom.